The minimum Gasteiger partial charge on any atom is -0.366 e. The average Bonchev–Trinajstić information content (AvgIpc) is 3.18. The molecule has 2 fully saturated rings. The minimum absolute atomic E-state index is 0.316. The maximum atomic E-state index is 13.9. The van der Waals surface area contributed by atoms with E-state index >= 15 is 0 Å². The Labute approximate surface area is 175 Å². The average molecular weight is 411 g/mol. The summed E-state index contributed by atoms with van der Waals surface area (Å²) in [4.78, 5) is 18.7. The summed E-state index contributed by atoms with van der Waals surface area (Å²) in [5.74, 6) is 1.93. The summed E-state index contributed by atoms with van der Waals surface area (Å²) in [6.07, 6.45) is 5.40. The second-order valence-corrected chi connectivity index (χ2v) is 8.13. The number of rotatable bonds is 4. The maximum absolute atomic E-state index is 13.9. The number of nitrogens with zero attached hydrogens (tertiary/aromatic N) is 6. The molecule has 5 heterocycles. The molecule has 9 heteroatoms. The molecule has 5 rings (SSSR count). The molecule has 8 nitrogen and oxygen atoms in total. The molecule has 2 aliphatic heterocycles. The number of halogens is 1. The fourth-order valence-electron chi connectivity index (χ4n) is 4.12. The molecule has 3 aromatic rings. The Hall–Kier alpha value is -2.78. The molecular formula is C21H27FN8. The topological polar surface area (TPSA) is 73.6 Å². The van der Waals surface area contributed by atoms with Crippen LogP contribution in [-0.4, -0.2) is 76.6 Å². The summed E-state index contributed by atoms with van der Waals surface area (Å²) in [6, 6.07) is 5.45. The van der Waals surface area contributed by atoms with Crippen LogP contribution in [0.15, 0.2) is 30.6 Å². The van der Waals surface area contributed by atoms with E-state index in [-0.39, 0.29) is 5.82 Å². The van der Waals surface area contributed by atoms with Gasteiger partial charge in [0.15, 0.2) is 5.82 Å². The summed E-state index contributed by atoms with van der Waals surface area (Å²) in [6.45, 7) is 5.81. The van der Waals surface area contributed by atoms with Gasteiger partial charge in [-0.25, -0.2) is 19.3 Å². The molecule has 158 valence electrons. The Morgan fingerprint density at radius 3 is 2.83 bits per heavy atom. The highest BCUT2D eigenvalue weighted by Crippen LogP contribution is 2.25. The van der Waals surface area contributed by atoms with E-state index in [1.807, 2.05) is 6.07 Å². The smallest absolute Gasteiger partial charge is 0.182 e. The van der Waals surface area contributed by atoms with E-state index in [9.17, 15) is 4.39 Å². The summed E-state index contributed by atoms with van der Waals surface area (Å²) in [7, 11) is 2.14. The van der Waals surface area contributed by atoms with Crippen molar-refractivity contribution in [2.75, 3.05) is 56.5 Å². The van der Waals surface area contributed by atoms with Crippen molar-refractivity contribution in [1.82, 2.24) is 29.6 Å². The first kappa shape index (κ1) is 19.2. The second kappa shape index (κ2) is 8.16. The van der Waals surface area contributed by atoms with Gasteiger partial charge in [-0.3, -0.25) is 4.40 Å². The molecular weight excluding hydrogens is 383 g/mol. The fraction of sp³-hybridized carbons (Fsp3) is 0.476. The van der Waals surface area contributed by atoms with E-state index < -0.39 is 0 Å². The lowest BCUT2D eigenvalue weighted by molar-refractivity contribution is 0.312. The van der Waals surface area contributed by atoms with E-state index in [2.05, 4.69) is 32.5 Å². The molecule has 30 heavy (non-hydrogen) atoms. The largest absolute Gasteiger partial charge is 0.366 e. The number of piperidine rings is 1. The Kier molecular flexibility index (Phi) is 5.22. The first-order valence-electron chi connectivity index (χ1n) is 10.6. The highest BCUT2D eigenvalue weighted by Gasteiger charge is 2.20. The van der Waals surface area contributed by atoms with Crippen LogP contribution in [0.25, 0.3) is 17.2 Å². The van der Waals surface area contributed by atoms with Gasteiger partial charge in [-0.15, -0.1) is 0 Å². The Balaban J connectivity index is 1.53. The third-order valence-corrected chi connectivity index (χ3v) is 5.89. The van der Waals surface area contributed by atoms with Crippen molar-refractivity contribution in [2.45, 2.75) is 18.9 Å². The van der Waals surface area contributed by atoms with E-state index in [1.165, 1.54) is 12.3 Å². The maximum Gasteiger partial charge on any atom is 0.182 e. The highest BCUT2D eigenvalue weighted by molar-refractivity contribution is 5.62. The van der Waals surface area contributed by atoms with Gasteiger partial charge in [-0.1, -0.05) is 0 Å². The monoisotopic (exact) mass is 410 g/mol. The predicted molar refractivity (Wildman–Crippen MR) is 115 cm³/mol. The van der Waals surface area contributed by atoms with Gasteiger partial charge in [0.05, 0.1) is 6.20 Å². The molecule has 0 aliphatic carbocycles. The van der Waals surface area contributed by atoms with E-state index in [4.69, 9.17) is 9.97 Å². The zero-order valence-electron chi connectivity index (χ0n) is 17.2. The van der Waals surface area contributed by atoms with Gasteiger partial charge < -0.3 is 20.4 Å². The van der Waals surface area contributed by atoms with Gasteiger partial charge >= 0.3 is 0 Å². The van der Waals surface area contributed by atoms with Gasteiger partial charge in [-0.05, 0) is 38.6 Å². The van der Waals surface area contributed by atoms with Crippen LogP contribution in [0.5, 0.6) is 0 Å². The quantitative estimate of drug-likeness (QED) is 0.680. The van der Waals surface area contributed by atoms with Crippen LogP contribution in [0.3, 0.4) is 0 Å². The SMILES string of the molecule is CN1CCN(c2cc(N[C@@H]3CCCNC3)nc(-c3cnc4ccc(F)cn34)n2)CC1. The van der Waals surface area contributed by atoms with Gasteiger partial charge in [0.1, 0.15) is 28.8 Å². The zero-order chi connectivity index (χ0) is 20.5. The van der Waals surface area contributed by atoms with Crippen LogP contribution in [0.2, 0.25) is 0 Å². The molecule has 2 N–H and O–H groups in total. The number of aromatic nitrogens is 4. The number of hydrogen-bond donors (Lipinski definition) is 2. The number of imidazole rings is 1. The molecule has 0 radical (unpaired) electrons. The molecule has 0 aromatic carbocycles. The Morgan fingerprint density at radius 2 is 2.03 bits per heavy atom. The normalized spacial score (nSPS) is 20.6. The lowest BCUT2D eigenvalue weighted by atomic mass is 10.1. The molecule has 0 spiro atoms. The van der Waals surface area contributed by atoms with Crippen molar-refractivity contribution >= 4 is 17.3 Å². The van der Waals surface area contributed by atoms with E-state index in [0.29, 0.717) is 23.2 Å². The van der Waals surface area contributed by atoms with E-state index in [1.54, 1.807) is 16.7 Å². The molecule has 2 saturated heterocycles. The zero-order valence-corrected chi connectivity index (χ0v) is 17.2. The summed E-state index contributed by atoms with van der Waals surface area (Å²) in [5, 5.41) is 7.01. The fourth-order valence-corrected chi connectivity index (χ4v) is 4.12. The van der Waals surface area contributed by atoms with Gasteiger partial charge in [0.2, 0.25) is 0 Å². The highest BCUT2D eigenvalue weighted by atomic mass is 19.1. The van der Waals surface area contributed by atoms with Crippen LogP contribution < -0.4 is 15.5 Å². The third kappa shape index (κ3) is 3.95. The van der Waals surface area contributed by atoms with Crippen LogP contribution in [0.1, 0.15) is 12.8 Å². The molecule has 3 aromatic heterocycles. The molecule has 0 unspecified atom stereocenters. The van der Waals surface area contributed by atoms with E-state index in [0.717, 1.165) is 63.7 Å². The van der Waals surface area contributed by atoms with Gasteiger partial charge in [-0.2, -0.15) is 0 Å². The van der Waals surface area contributed by atoms with Crippen molar-refractivity contribution in [2.24, 2.45) is 0 Å². The molecule has 0 saturated carbocycles. The van der Waals surface area contributed by atoms with Crippen LogP contribution in [0.4, 0.5) is 16.0 Å². The van der Waals surface area contributed by atoms with Crippen molar-refractivity contribution in [3.63, 3.8) is 0 Å². The van der Waals surface area contributed by atoms with Crippen molar-refractivity contribution in [3.05, 3.63) is 36.4 Å². The summed E-state index contributed by atoms with van der Waals surface area (Å²) < 4.78 is 15.6. The number of anilines is 2. The van der Waals surface area contributed by atoms with Gasteiger partial charge in [0.25, 0.3) is 0 Å². The number of likely N-dealkylation sites (N-methyl/N-ethyl adjacent to an activating group) is 1. The second-order valence-electron chi connectivity index (χ2n) is 8.13. The number of nitrogens with one attached hydrogen (secondary N) is 2. The first-order chi connectivity index (χ1) is 14.7. The van der Waals surface area contributed by atoms with Crippen molar-refractivity contribution in [3.8, 4) is 11.5 Å². The lowest BCUT2D eigenvalue weighted by Gasteiger charge is -2.33. The standard InChI is InChI=1S/C21H27FN8/c1-28-7-9-29(10-8-28)20-11-18(25-16-3-2-6-23-12-16)26-21(27-20)17-13-24-19-5-4-15(22)14-30(17)19/h4-5,11,13-14,16,23H,2-3,6-10,12H2,1H3,(H,25,26,27)/t16-/m1/s1. The van der Waals surface area contributed by atoms with Gasteiger partial charge in [0, 0.05) is 51.0 Å². The van der Waals surface area contributed by atoms with Crippen LogP contribution >= 0.6 is 0 Å². The lowest BCUT2D eigenvalue weighted by Crippen LogP contribution is -2.45. The van der Waals surface area contributed by atoms with Crippen LogP contribution in [0, 0.1) is 5.82 Å². The predicted octanol–water partition coefficient (Wildman–Crippen LogP) is 1.85. The first-order valence-corrected chi connectivity index (χ1v) is 10.6. The number of fused-ring (bicyclic) bond motifs is 1. The number of pyridine rings is 1. The number of piperazine rings is 1. The molecule has 2 aliphatic rings. The molecule has 0 bridgehead atoms. The minimum atomic E-state index is -0.316. The van der Waals surface area contributed by atoms with Crippen molar-refractivity contribution < 1.29 is 4.39 Å². The van der Waals surface area contributed by atoms with Crippen LogP contribution in [-0.2, 0) is 0 Å². The molecule has 1 atom stereocenters. The third-order valence-electron chi connectivity index (χ3n) is 5.89. The number of hydrogen-bond acceptors (Lipinski definition) is 7. The van der Waals surface area contributed by atoms with Crippen molar-refractivity contribution in [1.29, 1.82) is 0 Å². The summed E-state index contributed by atoms with van der Waals surface area (Å²) in [5.41, 5.74) is 1.36. The Morgan fingerprint density at radius 1 is 1.17 bits per heavy atom. The summed E-state index contributed by atoms with van der Waals surface area (Å²) >= 11 is 0. The molecule has 0 amide bonds. The Bertz CT molecular complexity index is 1020.